The molecule has 5 aromatic rings. The van der Waals surface area contributed by atoms with Crippen molar-refractivity contribution in [2.24, 2.45) is 9.98 Å². The Morgan fingerprint density at radius 2 is 1.45 bits per heavy atom. The molecule has 0 radical (unpaired) electrons. The largest absolute Gasteiger partial charge is 0.337 e. The van der Waals surface area contributed by atoms with E-state index in [4.69, 9.17) is 15.1 Å². The molecule has 1 atom stereocenters. The first-order valence-corrected chi connectivity index (χ1v) is 13.3. The van der Waals surface area contributed by atoms with Crippen LogP contribution in [-0.2, 0) is 0 Å². The predicted octanol–water partition coefficient (Wildman–Crippen LogP) is 7.74. The maximum atomic E-state index is 5.27. The lowest BCUT2D eigenvalue weighted by molar-refractivity contribution is 0.815. The summed E-state index contributed by atoms with van der Waals surface area (Å²) in [5.74, 6) is 2.26. The minimum absolute atomic E-state index is 0.146. The molecule has 0 bridgehead atoms. The van der Waals surface area contributed by atoms with Crippen LogP contribution in [0.5, 0.6) is 0 Å². The second-order valence-electron chi connectivity index (χ2n) is 9.27. The van der Waals surface area contributed by atoms with Gasteiger partial charge in [0, 0.05) is 15.7 Å². The van der Waals surface area contributed by atoms with Gasteiger partial charge in [0.2, 0.25) is 0 Å². The summed E-state index contributed by atoms with van der Waals surface area (Å²) in [5.41, 5.74) is 6.99. The molecule has 184 valence electrons. The number of amidine groups is 2. The molecular weight excluding hydrogens is 536 g/mol. The number of anilines is 2. The van der Waals surface area contributed by atoms with Crippen LogP contribution in [0.3, 0.4) is 0 Å². The van der Waals surface area contributed by atoms with Crippen LogP contribution < -0.4 is 10.2 Å². The van der Waals surface area contributed by atoms with Gasteiger partial charge in [-0.05, 0) is 61.0 Å². The minimum Gasteiger partial charge on any atom is -0.337 e. The standard InChI is InChI=1S/C31H23BrN6/c1-20-27-28(21-16-18-22(32)19-17-21)37-26-15-9-8-14-25(26)34-29(33-23-10-4-2-5-11-23)31(37)35-30(27)38(36-20)24-12-6-3-7-13-24/h2-19,28H,1H3,(H,33,34)/t28-/m0/s1. The second-order valence-corrected chi connectivity index (χ2v) is 10.2. The van der Waals surface area contributed by atoms with Crippen molar-refractivity contribution in [3.63, 3.8) is 0 Å². The minimum atomic E-state index is -0.146. The summed E-state index contributed by atoms with van der Waals surface area (Å²) in [5, 5.41) is 8.53. The fourth-order valence-corrected chi connectivity index (χ4v) is 5.43. The lowest BCUT2D eigenvalue weighted by atomic mass is 9.93. The number of halogens is 1. The molecule has 0 amide bonds. The average Bonchev–Trinajstić information content (AvgIpc) is 3.29. The molecule has 38 heavy (non-hydrogen) atoms. The van der Waals surface area contributed by atoms with Gasteiger partial charge in [0.1, 0.15) is 0 Å². The third kappa shape index (κ3) is 3.74. The monoisotopic (exact) mass is 558 g/mol. The Bertz CT molecular complexity index is 1710. The molecule has 2 aliphatic rings. The summed E-state index contributed by atoms with van der Waals surface area (Å²) in [6, 6.07) is 36.9. The van der Waals surface area contributed by atoms with Gasteiger partial charge in [-0.15, -0.1) is 0 Å². The Hall–Kier alpha value is -4.49. The van der Waals surface area contributed by atoms with E-state index in [2.05, 4.69) is 81.6 Å². The van der Waals surface area contributed by atoms with Crippen LogP contribution in [0.15, 0.2) is 124 Å². The van der Waals surface area contributed by atoms with Crippen LogP contribution in [0.4, 0.5) is 22.9 Å². The molecule has 6 nitrogen and oxygen atoms in total. The Balaban J connectivity index is 1.51. The van der Waals surface area contributed by atoms with Crippen LogP contribution in [0, 0.1) is 6.92 Å². The van der Waals surface area contributed by atoms with Gasteiger partial charge in [0.05, 0.1) is 28.8 Å². The van der Waals surface area contributed by atoms with Crippen molar-refractivity contribution in [3.8, 4) is 5.69 Å². The number of aromatic nitrogens is 2. The van der Waals surface area contributed by atoms with Gasteiger partial charge < -0.3 is 10.2 Å². The number of hydrogen-bond acceptors (Lipinski definition) is 5. The van der Waals surface area contributed by atoms with Crippen molar-refractivity contribution in [2.45, 2.75) is 13.0 Å². The molecule has 7 heteroatoms. The van der Waals surface area contributed by atoms with E-state index in [-0.39, 0.29) is 6.04 Å². The molecule has 7 rings (SSSR count). The van der Waals surface area contributed by atoms with E-state index < -0.39 is 0 Å². The van der Waals surface area contributed by atoms with Gasteiger partial charge in [0.25, 0.3) is 0 Å². The molecular formula is C31H23BrN6. The lowest BCUT2D eigenvalue weighted by Crippen LogP contribution is -2.46. The molecule has 4 aromatic carbocycles. The van der Waals surface area contributed by atoms with E-state index >= 15 is 0 Å². The van der Waals surface area contributed by atoms with Crippen LogP contribution in [0.1, 0.15) is 22.9 Å². The maximum Gasteiger partial charge on any atom is 0.179 e. The van der Waals surface area contributed by atoms with Gasteiger partial charge in [-0.1, -0.05) is 76.6 Å². The van der Waals surface area contributed by atoms with E-state index in [1.54, 1.807) is 0 Å². The van der Waals surface area contributed by atoms with Crippen molar-refractivity contribution in [3.05, 3.63) is 130 Å². The quantitative estimate of drug-likeness (QED) is 0.246. The first kappa shape index (κ1) is 22.7. The number of aliphatic imine (C=N–C) groups is 2. The van der Waals surface area contributed by atoms with Crippen molar-refractivity contribution in [2.75, 3.05) is 10.2 Å². The Morgan fingerprint density at radius 1 is 0.763 bits per heavy atom. The number of benzene rings is 4. The molecule has 2 aliphatic heterocycles. The zero-order valence-electron chi connectivity index (χ0n) is 20.6. The number of hydrogen-bond donors (Lipinski definition) is 1. The van der Waals surface area contributed by atoms with Crippen LogP contribution in [-0.4, -0.2) is 21.5 Å². The average molecular weight is 559 g/mol. The number of fused-ring (bicyclic) bond motifs is 4. The molecule has 0 saturated carbocycles. The molecule has 0 fully saturated rings. The fraction of sp³-hybridized carbons (Fsp3) is 0.0645. The SMILES string of the molecule is Cc1nn(-c2ccccc2)c2c1[C@H](c1ccc(Br)cc1)N1C(=N2)C(Nc2ccccc2)=Nc2ccccc21. The Labute approximate surface area is 229 Å². The summed E-state index contributed by atoms with van der Waals surface area (Å²) >= 11 is 3.61. The van der Waals surface area contributed by atoms with Crippen LogP contribution in [0.2, 0.25) is 0 Å². The molecule has 0 saturated heterocycles. The number of para-hydroxylation sites is 4. The summed E-state index contributed by atoms with van der Waals surface area (Å²) in [7, 11) is 0. The van der Waals surface area contributed by atoms with E-state index in [0.29, 0.717) is 5.84 Å². The third-order valence-electron chi connectivity index (χ3n) is 6.86. The van der Waals surface area contributed by atoms with Crippen molar-refractivity contribution < 1.29 is 0 Å². The number of nitrogens with one attached hydrogen (secondary N) is 1. The van der Waals surface area contributed by atoms with Gasteiger partial charge >= 0.3 is 0 Å². The number of rotatable bonds is 3. The smallest absolute Gasteiger partial charge is 0.179 e. The summed E-state index contributed by atoms with van der Waals surface area (Å²) in [4.78, 5) is 12.6. The highest BCUT2D eigenvalue weighted by Gasteiger charge is 2.41. The Kier molecular flexibility index (Phi) is 5.44. The summed E-state index contributed by atoms with van der Waals surface area (Å²) in [6.07, 6.45) is 0. The van der Waals surface area contributed by atoms with E-state index in [1.807, 2.05) is 65.3 Å². The van der Waals surface area contributed by atoms with Crippen molar-refractivity contribution >= 4 is 50.5 Å². The summed E-state index contributed by atoms with van der Waals surface area (Å²) in [6.45, 7) is 2.07. The van der Waals surface area contributed by atoms with Gasteiger partial charge in [0.15, 0.2) is 17.5 Å². The normalized spacial score (nSPS) is 15.6. The molecule has 3 heterocycles. The molecule has 0 spiro atoms. The van der Waals surface area contributed by atoms with Gasteiger partial charge in [-0.2, -0.15) is 5.10 Å². The van der Waals surface area contributed by atoms with Crippen molar-refractivity contribution in [1.82, 2.24) is 9.78 Å². The summed E-state index contributed by atoms with van der Waals surface area (Å²) < 4.78 is 2.98. The number of nitrogens with zero attached hydrogens (tertiary/aromatic N) is 5. The van der Waals surface area contributed by atoms with E-state index in [0.717, 1.165) is 55.7 Å². The Morgan fingerprint density at radius 3 is 2.21 bits per heavy atom. The van der Waals surface area contributed by atoms with Crippen LogP contribution in [0.25, 0.3) is 5.69 Å². The van der Waals surface area contributed by atoms with Crippen molar-refractivity contribution in [1.29, 1.82) is 0 Å². The highest BCUT2D eigenvalue weighted by molar-refractivity contribution is 9.10. The first-order chi connectivity index (χ1) is 18.7. The topological polar surface area (TPSA) is 57.8 Å². The highest BCUT2D eigenvalue weighted by Crippen LogP contribution is 2.48. The molecule has 1 aromatic heterocycles. The van der Waals surface area contributed by atoms with Gasteiger partial charge in [-0.25, -0.2) is 14.7 Å². The second kappa shape index (κ2) is 9.11. The van der Waals surface area contributed by atoms with Crippen LogP contribution >= 0.6 is 15.9 Å². The lowest BCUT2D eigenvalue weighted by Gasteiger charge is -2.40. The number of aryl methyl sites for hydroxylation is 1. The molecule has 0 aliphatic carbocycles. The zero-order valence-corrected chi connectivity index (χ0v) is 22.2. The van der Waals surface area contributed by atoms with E-state index in [1.165, 1.54) is 0 Å². The molecule has 0 unspecified atom stereocenters. The van der Waals surface area contributed by atoms with E-state index in [9.17, 15) is 0 Å². The van der Waals surface area contributed by atoms with Gasteiger partial charge in [-0.3, -0.25) is 0 Å². The predicted molar refractivity (Wildman–Crippen MR) is 157 cm³/mol. The fourth-order valence-electron chi connectivity index (χ4n) is 5.17. The zero-order chi connectivity index (χ0) is 25.6. The maximum absolute atomic E-state index is 5.27. The highest BCUT2D eigenvalue weighted by atomic mass is 79.9. The first-order valence-electron chi connectivity index (χ1n) is 12.5. The molecule has 1 N–H and O–H groups in total. The third-order valence-corrected chi connectivity index (χ3v) is 7.39.